The molecule has 220 valence electrons. The molecule has 3 aromatic rings. The van der Waals surface area contributed by atoms with E-state index >= 15 is 0 Å². The number of rotatable bonds is 14. The maximum atomic E-state index is 13.3. The molecule has 11 nitrogen and oxygen atoms in total. The predicted molar refractivity (Wildman–Crippen MR) is 155 cm³/mol. The highest BCUT2D eigenvalue weighted by molar-refractivity contribution is 5.95. The van der Waals surface area contributed by atoms with Crippen LogP contribution >= 0.6 is 0 Å². The number of hydrogen-bond acceptors (Lipinski definition) is 6. The van der Waals surface area contributed by atoms with Crippen LogP contribution in [0.4, 0.5) is 0 Å². The van der Waals surface area contributed by atoms with E-state index in [2.05, 4.69) is 20.9 Å². The van der Waals surface area contributed by atoms with Crippen LogP contribution in [0.2, 0.25) is 0 Å². The molecule has 0 aliphatic heterocycles. The minimum Gasteiger partial charge on any atom is -0.480 e. The van der Waals surface area contributed by atoms with Crippen molar-refractivity contribution < 1.29 is 29.4 Å². The molecule has 3 amide bonds. The molecular formula is C30H39N5O6. The molecule has 6 unspecified atom stereocenters. The second-order valence-corrected chi connectivity index (χ2v) is 10.4. The number of benzene rings is 2. The largest absolute Gasteiger partial charge is 0.480 e. The molecule has 6 atom stereocenters. The molecule has 3 rings (SSSR count). The fraction of sp³-hybridized carbons (Fsp3) is 0.400. The number of carbonyl (C=O) groups excluding carboxylic acids is 3. The van der Waals surface area contributed by atoms with Gasteiger partial charge in [0.25, 0.3) is 0 Å². The number of nitrogens with one attached hydrogen (secondary N) is 4. The van der Waals surface area contributed by atoms with Crippen molar-refractivity contribution in [3.8, 4) is 0 Å². The van der Waals surface area contributed by atoms with Crippen LogP contribution in [0.25, 0.3) is 10.9 Å². The molecular weight excluding hydrogens is 526 g/mol. The maximum Gasteiger partial charge on any atom is 0.326 e. The van der Waals surface area contributed by atoms with Crippen molar-refractivity contribution in [3.05, 3.63) is 71.9 Å². The zero-order chi connectivity index (χ0) is 30.1. The van der Waals surface area contributed by atoms with Gasteiger partial charge in [-0.2, -0.15) is 0 Å². The van der Waals surface area contributed by atoms with Gasteiger partial charge in [0.1, 0.15) is 18.1 Å². The number of hydrogen-bond donors (Lipinski definition) is 7. The summed E-state index contributed by atoms with van der Waals surface area (Å²) in [6.45, 7) is 4.93. The van der Waals surface area contributed by atoms with E-state index in [1.807, 2.05) is 61.5 Å². The highest BCUT2D eigenvalue weighted by Gasteiger charge is 2.34. The lowest BCUT2D eigenvalue weighted by molar-refractivity contribution is -0.143. The number of carboxylic acids is 1. The average molecular weight is 566 g/mol. The zero-order valence-electron chi connectivity index (χ0n) is 23.5. The molecule has 2 aromatic carbocycles. The third-order valence-electron chi connectivity index (χ3n) is 7.20. The summed E-state index contributed by atoms with van der Waals surface area (Å²) in [4.78, 5) is 54.5. The molecule has 0 spiro atoms. The Kier molecular flexibility index (Phi) is 11.0. The standard InChI is InChI=1S/C30H39N5O6/c1-4-17(2)25(34-27(37)22(31)14-19-10-6-5-7-11-19)28(38)35-26(18(3)36)29(39)33-24(30(40)41)15-20-16-32-23-13-9-8-12-21(20)23/h5-13,16-18,22,24-26,32,36H,4,14-15,31H2,1-3H3,(H,33,39)(H,34,37)(H,35,38)(H,40,41). The van der Waals surface area contributed by atoms with Crippen LogP contribution in [0.3, 0.4) is 0 Å². The van der Waals surface area contributed by atoms with E-state index in [1.165, 1.54) is 6.92 Å². The number of H-pyrrole nitrogens is 1. The molecule has 1 heterocycles. The molecule has 1 aromatic heterocycles. The lowest BCUT2D eigenvalue weighted by Crippen LogP contribution is -2.61. The van der Waals surface area contributed by atoms with E-state index in [0.29, 0.717) is 12.0 Å². The van der Waals surface area contributed by atoms with Crippen molar-refractivity contribution in [1.29, 1.82) is 0 Å². The zero-order valence-corrected chi connectivity index (χ0v) is 23.5. The van der Waals surface area contributed by atoms with Crippen LogP contribution in [-0.2, 0) is 32.0 Å². The third-order valence-corrected chi connectivity index (χ3v) is 7.20. The Hall–Kier alpha value is -4.22. The number of aliphatic hydroxyl groups is 1. The minimum atomic E-state index is -1.46. The quantitative estimate of drug-likeness (QED) is 0.153. The molecule has 41 heavy (non-hydrogen) atoms. The second kappa shape index (κ2) is 14.4. The number of carbonyl (C=O) groups is 4. The summed E-state index contributed by atoms with van der Waals surface area (Å²) in [6, 6.07) is 11.9. The fourth-order valence-corrected chi connectivity index (χ4v) is 4.55. The van der Waals surface area contributed by atoms with Gasteiger partial charge in [-0.25, -0.2) is 4.79 Å². The van der Waals surface area contributed by atoms with Crippen molar-refractivity contribution >= 4 is 34.6 Å². The van der Waals surface area contributed by atoms with Gasteiger partial charge in [-0.3, -0.25) is 14.4 Å². The Morgan fingerprint density at radius 1 is 0.854 bits per heavy atom. The van der Waals surface area contributed by atoms with Gasteiger partial charge in [-0.1, -0.05) is 68.8 Å². The van der Waals surface area contributed by atoms with Crippen LogP contribution < -0.4 is 21.7 Å². The maximum absolute atomic E-state index is 13.3. The van der Waals surface area contributed by atoms with E-state index in [0.717, 1.165) is 16.5 Å². The van der Waals surface area contributed by atoms with E-state index in [1.54, 1.807) is 13.1 Å². The summed E-state index contributed by atoms with van der Waals surface area (Å²) in [6.07, 6.45) is 1.12. The van der Waals surface area contributed by atoms with E-state index in [4.69, 9.17) is 5.73 Å². The van der Waals surface area contributed by atoms with E-state index in [9.17, 15) is 29.4 Å². The number of aromatic nitrogens is 1. The van der Waals surface area contributed by atoms with Crippen molar-refractivity contribution in [1.82, 2.24) is 20.9 Å². The molecule has 0 fully saturated rings. The van der Waals surface area contributed by atoms with Crippen LogP contribution in [0.1, 0.15) is 38.3 Å². The van der Waals surface area contributed by atoms with Crippen molar-refractivity contribution in [2.45, 2.75) is 70.3 Å². The molecule has 0 saturated carbocycles. The monoisotopic (exact) mass is 565 g/mol. The van der Waals surface area contributed by atoms with Crippen molar-refractivity contribution in [2.75, 3.05) is 0 Å². The number of aromatic amines is 1. The predicted octanol–water partition coefficient (Wildman–Crippen LogP) is 1.25. The number of nitrogens with two attached hydrogens (primary N) is 1. The normalized spacial score (nSPS) is 15.6. The van der Waals surface area contributed by atoms with Crippen LogP contribution in [0, 0.1) is 5.92 Å². The first-order valence-electron chi connectivity index (χ1n) is 13.7. The molecule has 0 saturated heterocycles. The lowest BCUT2D eigenvalue weighted by Gasteiger charge is -2.29. The molecule has 0 aliphatic carbocycles. The first-order valence-corrected chi connectivity index (χ1v) is 13.7. The topological polar surface area (TPSA) is 187 Å². The summed E-state index contributed by atoms with van der Waals surface area (Å²) >= 11 is 0. The van der Waals surface area contributed by atoms with Gasteiger partial charge in [0.2, 0.25) is 17.7 Å². The summed E-state index contributed by atoms with van der Waals surface area (Å²) in [5.74, 6) is -3.68. The Bertz CT molecular complexity index is 1340. The van der Waals surface area contributed by atoms with Gasteiger partial charge in [0, 0.05) is 23.5 Å². The molecule has 0 aliphatic rings. The van der Waals surface area contributed by atoms with Gasteiger partial charge >= 0.3 is 5.97 Å². The summed E-state index contributed by atoms with van der Waals surface area (Å²) in [5.41, 5.74) is 8.49. The van der Waals surface area contributed by atoms with Gasteiger partial charge < -0.3 is 36.9 Å². The highest BCUT2D eigenvalue weighted by atomic mass is 16.4. The first-order chi connectivity index (χ1) is 19.5. The number of amides is 3. The van der Waals surface area contributed by atoms with Gasteiger partial charge in [0.05, 0.1) is 12.1 Å². The van der Waals surface area contributed by atoms with Gasteiger partial charge in [0.15, 0.2) is 0 Å². The second-order valence-electron chi connectivity index (χ2n) is 10.4. The lowest BCUT2D eigenvalue weighted by atomic mass is 9.96. The first kappa shape index (κ1) is 31.3. The number of para-hydroxylation sites is 1. The summed E-state index contributed by atoms with van der Waals surface area (Å²) < 4.78 is 0. The van der Waals surface area contributed by atoms with E-state index in [-0.39, 0.29) is 18.8 Å². The Labute approximate surface area is 238 Å². The molecule has 8 N–H and O–H groups in total. The van der Waals surface area contributed by atoms with E-state index < -0.39 is 54.0 Å². The Morgan fingerprint density at radius 3 is 2.10 bits per heavy atom. The van der Waals surface area contributed by atoms with Crippen LogP contribution in [0.5, 0.6) is 0 Å². The number of aliphatic hydroxyl groups excluding tert-OH is 1. The van der Waals surface area contributed by atoms with Crippen molar-refractivity contribution in [3.63, 3.8) is 0 Å². The molecule has 11 heteroatoms. The Balaban J connectivity index is 1.70. The SMILES string of the molecule is CCC(C)C(NC(=O)C(N)Cc1ccccc1)C(=O)NC(C(=O)NC(Cc1c[nH]c2ccccc12)C(=O)O)C(C)O. The minimum absolute atomic E-state index is 0.0174. The smallest absolute Gasteiger partial charge is 0.326 e. The van der Waals surface area contributed by atoms with Gasteiger partial charge in [-0.15, -0.1) is 0 Å². The Morgan fingerprint density at radius 2 is 1.46 bits per heavy atom. The van der Waals surface area contributed by atoms with Gasteiger partial charge in [-0.05, 0) is 36.5 Å². The summed E-state index contributed by atoms with van der Waals surface area (Å²) in [7, 11) is 0. The molecule has 0 radical (unpaired) electrons. The summed E-state index contributed by atoms with van der Waals surface area (Å²) in [5, 5.41) is 28.6. The molecule has 0 bridgehead atoms. The van der Waals surface area contributed by atoms with Crippen molar-refractivity contribution in [2.24, 2.45) is 11.7 Å². The number of fused-ring (bicyclic) bond motifs is 1. The fourth-order valence-electron chi connectivity index (χ4n) is 4.55. The number of aliphatic carboxylic acids is 1. The number of carboxylic acid groups (broad SMARTS) is 1. The highest BCUT2D eigenvalue weighted by Crippen LogP contribution is 2.19. The average Bonchev–Trinajstić information content (AvgIpc) is 3.36. The van der Waals surface area contributed by atoms with Crippen LogP contribution in [-0.4, -0.2) is 69.2 Å². The third kappa shape index (κ3) is 8.38. The van der Waals surface area contributed by atoms with Crippen LogP contribution in [0.15, 0.2) is 60.8 Å².